The molecule has 1 fully saturated rings. The van der Waals surface area contributed by atoms with Crippen LogP contribution in [0.4, 0.5) is 24.7 Å². The van der Waals surface area contributed by atoms with Gasteiger partial charge in [0.25, 0.3) is 0 Å². The first kappa shape index (κ1) is 22.2. The van der Waals surface area contributed by atoms with E-state index in [-0.39, 0.29) is 11.8 Å². The molecule has 1 saturated carbocycles. The van der Waals surface area contributed by atoms with Crippen LogP contribution in [0.15, 0.2) is 18.2 Å². The molecule has 0 amide bonds. The van der Waals surface area contributed by atoms with Crippen LogP contribution in [0, 0.1) is 25.2 Å². The van der Waals surface area contributed by atoms with Gasteiger partial charge in [-0.15, -0.1) is 0 Å². The number of nitrogens with one attached hydrogen (secondary N) is 1. The molecule has 1 unspecified atom stereocenters. The molecule has 0 aliphatic heterocycles. The Morgan fingerprint density at radius 3 is 2.40 bits per heavy atom. The van der Waals surface area contributed by atoms with Crippen LogP contribution < -0.4 is 4.90 Å². The van der Waals surface area contributed by atoms with Crippen molar-refractivity contribution < 1.29 is 13.2 Å². The fourth-order valence-electron chi connectivity index (χ4n) is 3.94. The Morgan fingerprint density at radius 2 is 1.90 bits per heavy atom. The number of nitrogens with zero attached hydrogens (tertiary/aromatic N) is 3. The molecule has 0 saturated heterocycles. The van der Waals surface area contributed by atoms with E-state index in [0.29, 0.717) is 29.7 Å². The summed E-state index contributed by atoms with van der Waals surface area (Å²) in [6.07, 6.45) is -0.561. The van der Waals surface area contributed by atoms with Gasteiger partial charge in [-0.05, 0) is 70.6 Å². The molecule has 0 bridgehead atoms. The van der Waals surface area contributed by atoms with E-state index >= 15 is 0 Å². The van der Waals surface area contributed by atoms with Crippen LogP contribution in [-0.2, 0) is 12.6 Å². The van der Waals surface area contributed by atoms with Crippen molar-refractivity contribution in [2.24, 2.45) is 5.92 Å². The van der Waals surface area contributed by atoms with Gasteiger partial charge in [-0.3, -0.25) is 0 Å². The summed E-state index contributed by atoms with van der Waals surface area (Å²) in [5.41, 5.74) is 2.52. The molecular weight excluding hydrogens is 389 g/mol. The molecule has 0 radical (unpaired) electrons. The standard InChI is InChI=1S/C23H29F3N4/c1-6-17-10-11-19(23(24,25)26)12-20(17)30(16(5)18-8-7-9-18)22-13(2)15(4)28-21(29-22)14(3)27/h10-12,16,18,27H,6-9H2,1-5H3. The van der Waals surface area contributed by atoms with Gasteiger partial charge in [-0.1, -0.05) is 19.4 Å². The fraction of sp³-hybridized carbons (Fsp3) is 0.522. The Balaban J connectivity index is 2.27. The second kappa shape index (κ2) is 8.36. The molecule has 3 rings (SSSR count). The zero-order valence-corrected chi connectivity index (χ0v) is 18.2. The first-order chi connectivity index (χ1) is 14.0. The van der Waals surface area contributed by atoms with Gasteiger partial charge in [0, 0.05) is 23.0 Å². The van der Waals surface area contributed by atoms with Crippen molar-refractivity contribution in [3.05, 3.63) is 46.4 Å². The highest BCUT2D eigenvalue weighted by Crippen LogP contribution is 2.42. The number of anilines is 2. The summed E-state index contributed by atoms with van der Waals surface area (Å²) in [5.74, 6) is 1.30. The van der Waals surface area contributed by atoms with E-state index in [1.807, 2.05) is 25.7 Å². The maximum Gasteiger partial charge on any atom is 0.416 e. The van der Waals surface area contributed by atoms with Gasteiger partial charge in [0.2, 0.25) is 0 Å². The Bertz CT molecular complexity index is 948. The number of benzene rings is 1. The molecule has 162 valence electrons. The van der Waals surface area contributed by atoms with Crippen molar-refractivity contribution in [3.63, 3.8) is 0 Å². The highest BCUT2D eigenvalue weighted by molar-refractivity contribution is 5.93. The van der Waals surface area contributed by atoms with Crippen LogP contribution in [0.25, 0.3) is 0 Å². The SMILES string of the molecule is CCc1ccc(C(F)(F)F)cc1N(c1nc(C(C)=N)nc(C)c1C)C(C)C1CCC1. The summed E-state index contributed by atoms with van der Waals surface area (Å²) in [5, 5.41) is 7.99. The molecule has 30 heavy (non-hydrogen) atoms. The lowest BCUT2D eigenvalue weighted by atomic mass is 9.79. The van der Waals surface area contributed by atoms with Gasteiger partial charge in [0.15, 0.2) is 5.82 Å². The van der Waals surface area contributed by atoms with Crippen molar-refractivity contribution in [2.75, 3.05) is 4.90 Å². The number of hydrogen-bond donors (Lipinski definition) is 1. The van der Waals surface area contributed by atoms with Gasteiger partial charge < -0.3 is 10.3 Å². The van der Waals surface area contributed by atoms with Gasteiger partial charge in [0.1, 0.15) is 5.82 Å². The lowest BCUT2D eigenvalue weighted by Gasteiger charge is -2.41. The lowest BCUT2D eigenvalue weighted by Crippen LogP contribution is -2.40. The molecule has 1 atom stereocenters. The molecule has 0 spiro atoms. The minimum atomic E-state index is -4.42. The molecule has 1 heterocycles. The van der Waals surface area contributed by atoms with E-state index in [0.717, 1.165) is 42.1 Å². The van der Waals surface area contributed by atoms with E-state index in [1.165, 1.54) is 6.07 Å². The molecule has 7 heteroatoms. The Kier molecular flexibility index (Phi) is 6.20. The molecular formula is C23H29F3N4. The van der Waals surface area contributed by atoms with Crippen LogP contribution >= 0.6 is 0 Å². The predicted molar refractivity (Wildman–Crippen MR) is 114 cm³/mol. The van der Waals surface area contributed by atoms with Crippen molar-refractivity contribution >= 4 is 17.2 Å². The van der Waals surface area contributed by atoms with Crippen LogP contribution in [0.5, 0.6) is 0 Å². The first-order valence-corrected chi connectivity index (χ1v) is 10.4. The summed E-state index contributed by atoms with van der Waals surface area (Å²) in [7, 11) is 0. The molecule has 1 aliphatic carbocycles. The summed E-state index contributed by atoms with van der Waals surface area (Å²) < 4.78 is 40.6. The second-order valence-corrected chi connectivity index (χ2v) is 8.20. The summed E-state index contributed by atoms with van der Waals surface area (Å²) in [6.45, 7) is 9.38. The van der Waals surface area contributed by atoms with Crippen LogP contribution in [0.1, 0.15) is 68.2 Å². The Morgan fingerprint density at radius 1 is 1.23 bits per heavy atom. The molecule has 1 N–H and O–H groups in total. The van der Waals surface area contributed by atoms with Gasteiger partial charge in [0.05, 0.1) is 11.3 Å². The zero-order valence-electron chi connectivity index (χ0n) is 18.2. The number of alkyl halides is 3. The maximum atomic E-state index is 13.5. The van der Waals surface area contributed by atoms with Crippen molar-refractivity contribution in [1.29, 1.82) is 5.41 Å². The number of aryl methyl sites for hydroxylation is 2. The van der Waals surface area contributed by atoms with E-state index in [9.17, 15) is 13.2 Å². The molecule has 1 aromatic heterocycles. The van der Waals surface area contributed by atoms with Crippen LogP contribution in [-0.4, -0.2) is 21.7 Å². The van der Waals surface area contributed by atoms with E-state index in [1.54, 1.807) is 13.0 Å². The maximum absolute atomic E-state index is 13.5. The minimum Gasteiger partial charge on any atom is -0.323 e. The second-order valence-electron chi connectivity index (χ2n) is 8.20. The summed E-state index contributed by atoms with van der Waals surface area (Å²) in [6, 6.07) is 3.96. The highest BCUT2D eigenvalue weighted by Gasteiger charge is 2.35. The molecule has 1 aliphatic rings. The van der Waals surface area contributed by atoms with E-state index in [2.05, 4.69) is 16.9 Å². The van der Waals surface area contributed by atoms with Crippen molar-refractivity contribution in [3.8, 4) is 0 Å². The zero-order chi connectivity index (χ0) is 22.2. The van der Waals surface area contributed by atoms with E-state index in [4.69, 9.17) is 5.41 Å². The predicted octanol–water partition coefficient (Wildman–Crippen LogP) is 6.39. The number of halogens is 3. The summed E-state index contributed by atoms with van der Waals surface area (Å²) in [4.78, 5) is 11.0. The number of aromatic nitrogens is 2. The Hall–Kier alpha value is -2.44. The minimum absolute atomic E-state index is 0.0144. The third-order valence-electron chi connectivity index (χ3n) is 6.22. The number of rotatable bonds is 6. The first-order valence-electron chi connectivity index (χ1n) is 10.4. The molecule has 1 aromatic carbocycles. The molecule has 2 aromatic rings. The highest BCUT2D eigenvalue weighted by atomic mass is 19.4. The van der Waals surface area contributed by atoms with Crippen LogP contribution in [0.2, 0.25) is 0 Å². The average Bonchev–Trinajstić information content (AvgIpc) is 2.62. The van der Waals surface area contributed by atoms with Gasteiger partial charge in [-0.25, -0.2) is 9.97 Å². The normalized spacial score (nSPS) is 15.6. The monoisotopic (exact) mass is 418 g/mol. The lowest BCUT2D eigenvalue weighted by molar-refractivity contribution is -0.137. The van der Waals surface area contributed by atoms with Crippen molar-refractivity contribution in [2.45, 2.75) is 72.5 Å². The Labute approximate surface area is 176 Å². The third-order valence-corrected chi connectivity index (χ3v) is 6.22. The third kappa shape index (κ3) is 4.20. The number of hydrogen-bond acceptors (Lipinski definition) is 4. The summed E-state index contributed by atoms with van der Waals surface area (Å²) >= 11 is 0. The average molecular weight is 419 g/mol. The van der Waals surface area contributed by atoms with Gasteiger partial charge >= 0.3 is 6.18 Å². The van der Waals surface area contributed by atoms with Gasteiger partial charge in [-0.2, -0.15) is 13.2 Å². The fourth-order valence-corrected chi connectivity index (χ4v) is 3.94. The smallest absolute Gasteiger partial charge is 0.323 e. The topological polar surface area (TPSA) is 52.9 Å². The van der Waals surface area contributed by atoms with Crippen LogP contribution in [0.3, 0.4) is 0 Å². The van der Waals surface area contributed by atoms with Crippen molar-refractivity contribution in [1.82, 2.24) is 9.97 Å². The quantitative estimate of drug-likeness (QED) is 0.553. The largest absolute Gasteiger partial charge is 0.416 e. The van der Waals surface area contributed by atoms with E-state index < -0.39 is 11.7 Å². The molecule has 4 nitrogen and oxygen atoms in total.